The maximum absolute atomic E-state index is 14.5. The van der Waals surface area contributed by atoms with Crippen LogP contribution < -0.4 is 0 Å². The third-order valence-corrected chi connectivity index (χ3v) is 10.0. The molecule has 0 aromatic carbocycles. The first-order valence-corrected chi connectivity index (χ1v) is 12.4. The van der Waals surface area contributed by atoms with Crippen molar-refractivity contribution in [3.05, 3.63) is 11.1 Å². The lowest BCUT2D eigenvalue weighted by atomic mass is 9.39. The molecule has 3 heteroatoms. The summed E-state index contributed by atoms with van der Waals surface area (Å²) in [5.41, 5.74) is 3.72. The van der Waals surface area contributed by atoms with Crippen LogP contribution in [0.5, 0.6) is 0 Å². The average Bonchev–Trinajstić information content (AvgIpc) is 3.18. The standard InChI is InChI=1S/C24H39FNP/c1-15(2)23-9-7-19(23)18(13-23)8-10-27-26-17(4)12-24-14-21(24)20(11-16(24)3)22(5,6)25/h15-16,18-19,27H,7-14H2,1-6H3. The summed E-state index contributed by atoms with van der Waals surface area (Å²) in [7, 11) is 0.733. The third-order valence-electron chi connectivity index (χ3n) is 8.99. The molecule has 0 N–H and O–H groups in total. The molecule has 0 radical (unpaired) electrons. The van der Waals surface area contributed by atoms with Gasteiger partial charge in [0.05, 0.1) is 0 Å². The molecule has 0 amide bonds. The maximum atomic E-state index is 14.5. The van der Waals surface area contributed by atoms with Crippen LogP contribution in [0.15, 0.2) is 15.9 Å². The van der Waals surface area contributed by atoms with Crippen molar-refractivity contribution < 1.29 is 4.39 Å². The topological polar surface area (TPSA) is 12.4 Å². The lowest BCUT2D eigenvalue weighted by Crippen LogP contribution is -2.58. The summed E-state index contributed by atoms with van der Waals surface area (Å²) in [5.74, 6) is 3.49. The number of rotatable bonds is 8. The molecule has 0 bridgehead atoms. The summed E-state index contributed by atoms with van der Waals surface area (Å²) in [5, 5.41) is 0. The molecule has 0 aromatic rings. The molecular formula is C24H39FNP. The Balaban J connectivity index is 1.24. The van der Waals surface area contributed by atoms with Gasteiger partial charge in [-0.25, -0.2) is 4.39 Å². The van der Waals surface area contributed by atoms with E-state index in [2.05, 4.69) is 27.7 Å². The number of nitrogens with zero attached hydrogens (tertiary/aromatic N) is 1. The Morgan fingerprint density at radius 3 is 2.59 bits per heavy atom. The fourth-order valence-electron chi connectivity index (χ4n) is 7.02. The Kier molecular flexibility index (Phi) is 4.94. The average molecular weight is 392 g/mol. The molecule has 3 fully saturated rings. The monoisotopic (exact) mass is 391 g/mol. The molecule has 0 aromatic heterocycles. The van der Waals surface area contributed by atoms with Crippen LogP contribution in [0.4, 0.5) is 4.39 Å². The minimum absolute atomic E-state index is 0.271. The van der Waals surface area contributed by atoms with Gasteiger partial charge in [-0.15, -0.1) is 0 Å². The second-order valence-corrected chi connectivity index (χ2v) is 12.1. The van der Waals surface area contributed by atoms with Gasteiger partial charge in [0.2, 0.25) is 0 Å². The number of halogens is 1. The second-order valence-electron chi connectivity index (χ2n) is 11.1. The van der Waals surface area contributed by atoms with Crippen molar-refractivity contribution in [2.24, 2.45) is 39.3 Å². The molecule has 1 nitrogen and oxygen atoms in total. The molecule has 6 atom stereocenters. The van der Waals surface area contributed by atoms with Gasteiger partial charge in [-0.3, -0.25) is 4.76 Å². The molecule has 6 unspecified atom stereocenters. The molecule has 3 saturated carbocycles. The highest BCUT2D eigenvalue weighted by Crippen LogP contribution is 2.70. The van der Waals surface area contributed by atoms with E-state index in [1.807, 2.05) is 0 Å². The van der Waals surface area contributed by atoms with Crippen LogP contribution in [0.2, 0.25) is 0 Å². The third kappa shape index (κ3) is 3.17. The number of fused-ring (bicyclic) bond motifs is 2. The van der Waals surface area contributed by atoms with Crippen molar-refractivity contribution in [3.63, 3.8) is 0 Å². The molecule has 0 heterocycles. The van der Waals surface area contributed by atoms with E-state index in [1.54, 1.807) is 13.8 Å². The van der Waals surface area contributed by atoms with Crippen molar-refractivity contribution >= 4 is 14.4 Å². The SMILES string of the molecule is CC(CC12CC1=C(C(C)(C)F)CC2C)=NPCCC1CC2(C(C)C)CCC12. The number of hydrogen-bond donors (Lipinski definition) is 0. The van der Waals surface area contributed by atoms with E-state index in [4.69, 9.17) is 4.76 Å². The van der Waals surface area contributed by atoms with E-state index in [-0.39, 0.29) is 5.41 Å². The van der Waals surface area contributed by atoms with Gasteiger partial charge in [-0.2, -0.15) is 0 Å². The van der Waals surface area contributed by atoms with E-state index in [0.29, 0.717) is 5.92 Å². The molecule has 0 spiro atoms. The number of allylic oxidation sites excluding steroid dienone is 2. The molecule has 4 aliphatic rings. The molecule has 4 rings (SSSR count). The van der Waals surface area contributed by atoms with E-state index >= 15 is 0 Å². The molecule has 0 saturated heterocycles. The summed E-state index contributed by atoms with van der Waals surface area (Å²) in [6.45, 7) is 12.8. The van der Waals surface area contributed by atoms with Crippen LogP contribution in [0.1, 0.15) is 86.5 Å². The Hall–Kier alpha value is -0.230. The lowest BCUT2D eigenvalue weighted by molar-refractivity contribution is -0.166. The Bertz CT molecular complexity index is 672. The summed E-state index contributed by atoms with van der Waals surface area (Å²) < 4.78 is 19.4. The Morgan fingerprint density at radius 2 is 2.11 bits per heavy atom. The van der Waals surface area contributed by atoms with Crippen molar-refractivity contribution in [3.8, 4) is 0 Å². The number of alkyl halides is 1. The predicted molar refractivity (Wildman–Crippen MR) is 117 cm³/mol. The van der Waals surface area contributed by atoms with Crippen LogP contribution in [0.25, 0.3) is 0 Å². The summed E-state index contributed by atoms with van der Waals surface area (Å²) >= 11 is 0. The molecule has 0 aliphatic heterocycles. The second kappa shape index (κ2) is 6.65. The highest BCUT2D eigenvalue weighted by atomic mass is 31.1. The maximum Gasteiger partial charge on any atom is 0.126 e. The highest BCUT2D eigenvalue weighted by Gasteiger charge is 2.61. The van der Waals surface area contributed by atoms with E-state index in [1.165, 1.54) is 43.1 Å². The largest absolute Gasteiger partial charge is 0.274 e. The Morgan fingerprint density at radius 1 is 1.37 bits per heavy atom. The molecule has 152 valence electrons. The van der Waals surface area contributed by atoms with Crippen LogP contribution in [0, 0.1) is 34.5 Å². The fraction of sp³-hybridized carbons (Fsp3) is 0.875. The first-order chi connectivity index (χ1) is 12.6. The minimum atomic E-state index is -1.13. The summed E-state index contributed by atoms with van der Waals surface area (Å²) in [4.78, 5) is 0. The van der Waals surface area contributed by atoms with Gasteiger partial charge in [0.25, 0.3) is 0 Å². The summed E-state index contributed by atoms with van der Waals surface area (Å²) in [6, 6.07) is 0. The zero-order chi connectivity index (χ0) is 19.6. The van der Waals surface area contributed by atoms with Gasteiger partial charge in [0, 0.05) is 19.9 Å². The van der Waals surface area contributed by atoms with Gasteiger partial charge < -0.3 is 0 Å². The van der Waals surface area contributed by atoms with Gasteiger partial charge >= 0.3 is 0 Å². The Labute approximate surface area is 167 Å². The van der Waals surface area contributed by atoms with Crippen molar-refractivity contribution in [1.29, 1.82) is 0 Å². The van der Waals surface area contributed by atoms with Crippen LogP contribution >= 0.6 is 8.73 Å². The van der Waals surface area contributed by atoms with Crippen LogP contribution in [-0.4, -0.2) is 17.5 Å². The van der Waals surface area contributed by atoms with E-state index < -0.39 is 5.67 Å². The zero-order valence-electron chi connectivity index (χ0n) is 18.3. The normalized spacial score (nSPS) is 41.0. The van der Waals surface area contributed by atoms with Gasteiger partial charge in [-0.1, -0.05) is 26.3 Å². The lowest BCUT2D eigenvalue weighted by Gasteiger charge is -2.66. The fourth-order valence-corrected chi connectivity index (χ4v) is 7.98. The zero-order valence-corrected chi connectivity index (χ0v) is 19.3. The molecule has 27 heavy (non-hydrogen) atoms. The first-order valence-electron chi connectivity index (χ1n) is 11.3. The van der Waals surface area contributed by atoms with Crippen molar-refractivity contribution in [2.45, 2.75) is 92.2 Å². The quantitative estimate of drug-likeness (QED) is 0.177. The molecular weight excluding hydrogens is 352 g/mol. The van der Waals surface area contributed by atoms with Crippen LogP contribution in [0.3, 0.4) is 0 Å². The summed E-state index contributed by atoms with van der Waals surface area (Å²) in [6.07, 6.45) is 10.3. The highest BCUT2D eigenvalue weighted by molar-refractivity contribution is 7.36. The first kappa shape index (κ1) is 20.1. The van der Waals surface area contributed by atoms with Crippen molar-refractivity contribution in [2.75, 3.05) is 6.16 Å². The minimum Gasteiger partial charge on any atom is -0.274 e. The predicted octanol–water partition coefficient (Wildman–Crippen LogP) is 7.37. The van der Waals surface area contributed by atoms with Crippen LogP contribution in [-0.2, 0) is 0 Å². The van der Waals surface area contributed by atoms with Crippen molar-refractivity contribution in [1.82, 2.24) is 0 Å². The van der Waals surface area contributed by atoms with E-state index in [9.17, 15) is 4.39 Å². The molecule has 4 aliphatic carbocycles. The smallest absolute Gasteiger partial charge is 0.126 e. The number of hydrogen-bond acceptors (Lipinski definition) is 1. The van der Waals surface area contributed by atoms with E-state index in [0.717, 1.165) is 56.7 Å². The van der Waals surface area contributed by atoms with Gasteiger partial charge in [0.15, 0.2) is 0 Å². The van der Waals surface area contributed by atoms with Gasteiger partial charge in [0.1, 0.15) is 5.67 Å². The van der Waals surface area contributed by atoms with Gasteiger partial charge in [-0.05, 0) is 107 Å².